The van der Waals surface area contributed by atoms with E-state index in [0.717, 1.165) is 19.2 Å². The Morgan fingerprint density at radius 1 is 0.879 bits per heavy atom. The molecule has 0 spiro atoms. The van der Waals surface area contributed by atoms with Gasteiger partial charge in [0.05, 0.1) is 11.3 Å². The van der Waals surface area contributed by atoms with E-state index in [1.807, 2.05) is 30.1 Å². The molecular formula is C25H24F3N3O2. The van der Waals surface area contributed by atoms with Gasteiger partial charge in [0.15, 0.2) is 0 Å². The normalized spacial score (nSPS) is 14.7. The maximum atomic E-state index is 13.8. The van der Waals surface area contributed by atoms with E-state index >= 15 is 0 Å². The molecule has 0 bridgehead atoms. The van der Waals surface area contributed by atoms with Gasteiger partial charge in [-0.25, -0.2) is 0 Å². The third-order valence-electron chi connectivity index (χ3n) is 5.50. The Morgan fingerprint density at radius 2 is 1.58 bits per heavy atom. The Balaban J connectivity index is 1.54. The average molecular weight is 455 g/mol. The fraction of sp³-hybridized carbons (Fsp3) is 0.240. The highest BCUT2D eigenvalue weighted by atomic mass is 19.4. The standard InChI is InChI=1S/C25H24F3N3O2/c1-30-12-14-31(15-13-30)19-10-11-23(22(17-19)25(26,27)28)29-24(32)18-6-5-9-21(16-18)33-20-7-3-2-4-8-20/h2-11,16-17H,12-15H2,1H3,(H,29,32). The molecule has 1 aliphatic rings. The van der Waals surface area contributed by atoms with E-state index in [-0.39, 0.29) is 11.3 Å². The van der Waals surface area contributed by atoms with Crippen LogP contribution in [0.4, 0.5) is 24.5 Å². The maximum Gasteiger partial charge on any atom is 0.418 e. The average Bonchev–Trinajstić information content (AvgIpc) is 2.80. The molecule has 1 N–H and O–H groups in total. The first-order valence-corrected chi connectivity index (χ1v) is 10.6. The largest absolute Gasteiger partial charge is 0.457 e. The molecule has 0 unspecified atom stereocenters. The fourth-order valence-corrected chi connectivity index (χ4v) is 3.66. The van der Waals surface area contributed by atoms with Crippen molar-refractivity contribution in [2.75, 3.05) is 43.4 Å². The van der Waals surface area contributed by atoms with Crippen molar-refractivity contribution >= 4 is 17.3 Å². The van der Waals surface area contributed by atoms with Gasteiger partial charge in [0.25, 0.3) is 5.91 Å². The number of anilines is 2. The number of hydrogen-bond donors (Lipinski definition) is 1. The monoisotopic (exact) mass is 455 g/mol. The van der Waals surface area contributed by atoms with Crippen molar-refractivity contribution in [3.63, 3.8) is 0 Å². The molecule has 1 amide bonds. The molecule has 0 atom stereocenters. The smallest absolute Gasteiger partial charge is 0.418 e. The number of benzene rings is 3. The topological polar surface area (TPSA) is 44.8 Å². The second-order valence-corrected chi connectivity index (χ2v) is 7.92. The van der Waals surface area contributed by atoms with Crippen molar-refractivity contribution < 1.29 is 22.7 Å². The van der Waals surface area contributed by atoms with E-state index in [0.29, 0.717) is 30.3 Å². The van der Waals surface area contributed by atoms with Gasteiger partial charge >= 0.3 is 6.18 Å². The lowest BCUT2D eigenvalue weighted by atomic mass is 10.1. The Hall–Kier alpha value is -3.52. The summed E-state index contributed by atoms with van der Waals surface area (Å²) < 4.78 is 47.2. The number of piperazine rings is 1. The first-order valence-electron chi connectivity index (χ1n) is 10.6. The van der Waals surface area contributed by atoms with Crippen molar-refractivity contribution in [1.82, 2.24) is 4.90 Å². The van der Waals surface area contributed by atoms with Gasteiger partial charge in [0.1, 0.15) is 11.5 Å². The van der Waals surface area contributed by atoms with Crippen molar-refractivity contribution in [3.8, 4) is 11.5 Å². The van der Waals surface area contributed by atoms with Crippen molar-refractivity contribution in [1.29, 1.82) is 0 Å². The molecule has 172 valence electrons. The Kier molecular flexibility index (Phi) is 6.55. The number of halogens is 3. The van der Waals surface area contributed by atoms with Crippen LogP contribution in [0.1, 0.15) is 15.9 Å². The maximum absolute atomic E-state index is 13.8. The summed E-state index contributed by atoms with van der Waals surface area (Å²) in [6.07, 6.45) is -4.61. The zero-order chi connectivity index (χ0) is 23.4. The van der Waals surface area contributed by atoms with Crippen LogP contribution in [-0.4, -0.2) is 44.0 Å². The lowest BCUT2D eigenvalue weighted by Crippen LogP contribution is -2.44. The number of amides is 1. The van der Waals surface area contributed by atoms with Crippen LogP contribution in [0.25, 0.3) is 0 Å². The molecule has 4 rings (SSSR count). The molecule has 3 aromatic carbocycles. The Bertz CT molecular complexity index is 1110. The molecule has 0 radical (unpaired) electrons. The van der Waals surface area contributed by atoms with E-state index < -0.39 is 17.6 Å². The van der Waals surface area contributed by atoms with Gasteiger partial charge in [-0.1, -0.05) is 24.3 Å². The molecule has 33 heavy (non-hydrogen) atoms. The molecule has 1 fully saturated rings. The van der Waals surface area contributed by atoms with Crippen LogP contribution in [-0.2, 0) is 6.18 Å². The molecular weight excluding hydrogens is 431 g/mol. The SMILES string of the molecule is CN1CCN(c2ccc(NC(=O)c3cccc(Oc4ccccc4)c3)c(C(F)(F)F)c2)CC1. The summed E-state index contributed by atoms with van der Waals surface area (Å²) in [6.45, 7) is 2.85. The van der Waals surface area contributed by atoms with E-state index in [4.69, 9.17) is 4.74 Å². The molecule has 1 aliphatic heterocycles. The van der Waals surface area contributed by atoms with Crippen molar-refractivity contribution in [2.24, 2.45) is 0 Å². The van der Waals surface area contributed by atoms with Gasteiger partial charge in [-0.15, -0.1) is 0 Å². The number of carbonyl (C=O) groups is 1. The minimum absolute atomic E-state index is 0.194. The first kappa shape index (κ1) is 22.7. The number of nitrogens with zero attached hydrogens (tertiary/aromatic N) is 2. The van der Waals surface area contributed by atoms with Crippen LogP contribution in [0.3, 0.4) is 0 Å². The van der Waals surface area contributed by atoms with Gasteiger partial charge in [-0.3, -0.25) is 4.79 Å². The highest BCUT2D eigenvalue weighted by Crippen LogP contribution is 2.38. The van der Waals surface area contributed by atoms with Crippen LogP contribution in [0.15, 0.2) is 72.8 Å². The van der Waals surface area contributed by atoms with E-state index in [1.165, 1.54) is 18.2 Å². The van der Waals surface area contributed by atoms with Crippen LogP contribution < -0.4 is 15.0 Å². The summed E-state index contributed by atoms with van der Waals surface area (Å²) >= 11 is 0. The zero-order valence-electron chi connectivity index (χ0n) is 18.1. The van der Waals surface area contributed by atoms with Crippen LogP contribution in [0, 0.1) is 0 Å². The lowest BCUT2D eigenvalue weighted by molar-refractivity contribution is -0.136. The lowest BCUT2D eigenvalue weighted by Gasteiger charge is -2.34. The van der Waals surface area contributed by atoms with Crippen LogP contribution in [0.5, 0.6) is 11.5 Å². The van der Waals surface area contributed by atoms with Gasteiger partial charge in [-0.05, 0) is 55.6 Å². The number of carbonyl (C=O) groups excluding carboxylic acids is 1. The summed E-state index contributed by atoms with van der Waals surface area (Å²) in [6, 6.07) is 19.4. The fourth-order valence-electron chi connectivity index (χ4n) is 3.66. The van der Waals surface area contributed by atoms with E-state index in [2.05, 4.69) is 10.2 Å². The Labute approximate surface area is 190 Å². The summed E-state index contributed by atoms with van der Waals surface area (Å²) in [5, 5.41) is 2.42. The zero-order valence-corrected chi connectivity index (χ0v) is 18.1. The summed E-state index contributed by atoms with van der Waals surface area (Å²) in [5.74, 6) is 0.357. The van der Waals surface area contributed by atoms with Crippen molar-refractivity contribution in [3.05, 3.63) is 83.9 Å². The Morgan fingerprint density at radius 3 is 2.27 bits per heavy atom. The minimum Gasteiger partial charge on any atom is -0.457 e. The van der Waals surface area contributed by atoms with E-state index in [9.17, 15) is 18.0 Å². The molecule has 5 nitrogen and oxygen atoms in total. The number of para-hydroxylation sites is 1. The number of rotatable bonds is 5. The predicted octanol–water partition coefficient (Wildman–Crippen LogP) is 5.50. The minimum atomic E-state index is -4.61. The molecule has 1 saturated heterocycles. The quantitative estimate of drug-likeness (QED) is 0.552. The van der Waals surface area contributed by atoms with E-state index in [1.54, 1.807) is 30.3 Å². The number of likely N-dealkylation sites (N-methyl/N-ethyl adjacent to an activating group) is 1. The van der Waals surface area contributed by atoms with Gasteiger partial charge in [0.2, 0.25) is 0 Å². The molecule has 0 aromatic heterocycles. The highest BCUT2D eigenvalue weighted by molar-refractivity contribution is 6.05. The third kappa shape index (κ3) is 5.64. The summed E-state index contributed by atoms with van der Waals surface area (Å²) in [5.41, 5.74) is -0.463. The molecule has 1 heterocycles. The molecule has 0 saturated carbocycles. The molecule has 3 aromatic rings. The van der Waals surface area contributed by atoms with Gasteiger partial charge in [-0.2, -0.15) is 13.2 Å². The van der Waals surface area contributed by atoms with Crippen LogP contribution in [0.2, 0.25) is 0 Å². The van der Waals surface area contributed by atoms with Gasteiger partial charge < -0.3 is 19.9 Å². The summed E-state index contributed by atoms with van der Waals surface area (Å²) in [4.78, 5) is 16.8. The number of ether oxygens (including phenoxy) is 1. The molecule has 8 heteroatoms. The number of hydrogen-bond acceptors (Lipinski definition) is 4. The van der Waals surface area contributed by atoms with Gasteiger partial charge in [0, 0.05) is 37.4 Å². The van der Waals surface area contributed by atoms with Crippen molar-refractivity contribution in [2.45, 2.75) is 6.18 Å². The third-order valence-corrected chi connectivity index (χ3v) is 5.50. The number of alkyl halides is 3. The second kappa shape index (κ2) is 9.54. The highest BCUT2D eigenvalue weighted by Gasteiger charge is 2.35. The first-order chi connectivity index (χ1) is 15.8. The van der Waals surface area contributed by atoms with Crippen LogP contribution >= 0.6 is 0 Å². The summed E-state index contributed by atoms with van der Waals surface area (Å²) in [7, 11) is 1.98. The number of nitrogens with one attached hydrogen (secondary N) is 1. The predicted molar refractivity (Wildman–Crippen MR) is 122 cm³/mol. The second-order valence-electron chi connectivity index (χ2n) is 7.92. The molecule has 0 aliphatic carbocycles.